The highest BCUT2D eigenvalue weighted by Crippen LogP contribution is 2.20. The van der Waals surface area contributed by atoms with E-state index in [1.807, 2.05) is 0 Å². The molecule has 1 amide bonds. The first-order valence-electron chi connectivity index (χ1n) is 5.88. The maximum Gasteiger partial charge on any atom is 0.387 e. The standard InChI is InChI=1S/C14H12F2N2O2/c15-14(16)20-12-4-2-1-3-11(12)9-18-13(19)10-5-7-17-8-6-10/h1-8,14H,9H2,(H,18,19). The van der Waals surface area contributed by atoms with Gasteiger partial charge in [-0.2, -0.15) is 8.78 Å². The minimum Gasteiger partial charge on any atom is -0.434 e. The van der Waals surface area contributed by atoms with Crippen LogP contribution in [-0.2, 0) is 6.54 Å². The molecule has 0 aliphatic carbocycles. The number of pyridine rings is 1. The first-order valence-corrected chi connectivity index (χ1v) is 5.88. The lowest BCUT2D eigenvalue weighted by molar-refractivity contribution is -0.0504. The summed E-state index contributed by atoms with van der Waals surface area (Å²) in [7, 11) is 0. The minimum absolute atomic E-state index is 0.0533. The molecule has 0 atom stereocenters. The maximum absolute atomic E-state index is 12.2. The highest BCUT2D eigenvalue weighted by molar-refractivity contribution is 5.93. The lowest BCUT2D eigenvalue weighted by Crippen LogP contribution is -2.23. The maximum atomic E-state index is 12.2. The second-order valence-electron chi connectivity index (χ2n) is 3.90. The molecule has 1 heterocycles. The number of nitrogens with one attached hydrogen (secondary N) is 1. The van der Waals surface area contributed by atoms with Crippen molar-refractivity contribution in [2.45, 2.75) is 13.2 Å². The van der Waals surface area contributed by atoms with E-state index >= 15 is 0 Å². The average molecular weight is 278 g/mol. The van der Waals surface area contributed by atoms with Crippen molar-refractivity contribution in [2.24, 2.45) is 0 Å². The molecular formula is C14H12F2N2O2. The molecule has 1 aromatic carbocycles. The third-order valence-corrected chi connectivity index (χ3v) is 2.57. The van der Waals surface area contributed by atoms with Crippen molar-refractivity contribution in [2.75, 3.05) is 0 Å². The van der Waals surface area contributed by atoms with Crippen molar-refractivity contribution >= 4 is 5.91 Å². The van der Waals surface area contributed by atoms with E-state index in [4.69, 9.17) is 0 Å². The predicted octanol–water partition coefficient (Wildman–Crippen LogP) is 2.61. The van der Waals surface area contributed by atoms with Gasteiger partial charge >= 0.3 is 6.61 Å². The summed E-state index contributed by atoms with van der Waals surface area (Å²) in [5.41, 5.74) is 0.933. The Morgan fingerprint density at radius 1 is 1.20 bits per heavy atom. The molecule has 0 aliphatic rings. The summed E-state index contributed by atoms with van der Waals surface area (Å²) in [5, 5.41) is 2.64. The number of aromatic nitrogens is 1. The van der Waals surface area contributed by atoms with E-state index in [0.29, 0.717) is 11.1 Å². The van der Waals surface area contributed by atoms with Gasteiger partial charge < -0.3 is 10.1 Å². The van der Waals surface area contributed by atoms with Gasteiger partial charge in [0.05, 0.1) is 0 Å². The van der Waals surface area contributed by atoms with Gasteiger partial charge in [0, 0.05) is 30.1 Å². The van der Waals surface area contributed by atoms with Crippen LogP contribution in [-0.4, -0.2) is 17.5 Å². The van der Waals surface area contributed by atoms with Crippen LogP contribution < -0.4 is 10.1 Å². The number of alkyl halides is 2. The second kappa shape index (κ2) is 6.60. The Kier molecular flexibility index (Phi) is 4.60. The van der Waals surface area contributed by atoms with Crippen LogP contribution in [0.25, 0.3) is 0 Å². The summed E-state index contributed by atoms with van der Waals surface area (Å²) in [6, 6.07) is 9.45. The van der Waals surface area contributed by atoms with Gasteiger partial charge in [0.15, 0.2) is 0 Å². The lowest BCUT2D eigenvalue weighted by Gasteiger charge is -2.11. The largest absolute Gasteiger partial charge is 0.434 e. The summed E-state index contributed by atoms with van der Waals surface area (Å²) in [6.45, 7) is -2.80. The van der Waals surface area contributed by atoms with Crippen molar-refractivity contribution in [1.82, 2.24) is 10.3 Å². The number of ether oxygens (including phenoxy) is 1. The smallest absolute Gasteiger partial charge is 0.387 e. The van der Waals surface area contributed by atoms with Crippen molar-refractivity contribution in [3.8, 4) is 5.75 Å². The molecule has 0 spiro atoms. The van der Waals surface area contributed by atoms with E-state index in [9.17, 15) is 13.6 Å². The molecular weight excluding hydrogens is 266 g/mol. The molecule has 6 heteroatoms. The van der Waals surface area contributed by atoms with Crippen molar-refractivity contribution in [3.63, 3.8) is 0 Å². The predicted molar refractivity (Wildman–Crippen MR) is 68.5 cm³/mol. The number of carbonyl (C=O) groups excluding carboxylic acids is 1. The number of halogens is 2. The van der Waals surface area contributed by atoms with Crippen molar-refractivity contribution < 1.29 is 18.3 Å². The van der Waals surface area contributed by atoms with E-state index < -0.39 is 6.61 Å². The zero-order chi connectivity index (χ0) is 14.4. The highest BCUT2D eigenvalue weighted by atomic mass is 19.3. The van der Waals surface area contributed by atoms with Gasteiger partial charge in [-0.1, -0.05) is 18.2 Å². The van der Waals surface area contributed by atoms with Crippen LogP contribution in [0.4, 0.5) is 8.78 Å². The first kappa shape index (κ1) is 13.9. The summed E-state index contributed by atoms with van der Waals surface area (Å²) in [6.07, 6.45) is 3.01. The van der Waals surface area contributed by atoms with Crippen LogP contribution in [0, 0.1) is 0 Å². The zero-order valence-electron chi connectivity index (χ0n) is 10.4. The Labute approximate surface area is 114 Å². The third kappa shape index (κ3) is 3.74. The number of benzene rings is 1. The Morgan fingerprint density at radius 2 is 1.90 bits per heavy atom. The second-order valence-corrected chi connectivity index (χ2v) is 3.90. The Hall–Kier alpha value is -2.50. The summed E-state index contributed by atoms with van der Waals surface area (Å²) < 4.78 is 28.9. The van der Waals surface area contributed by atoms with E-state index in [-0.39, 0.29) is 18.2 Å². The fraction of sp³-hybridized carbons (Fsp3) is 0.143. The quantitative estimate of drug-likeness (QED) is 0.914. The van der Waals surface area contributed by atoms with E-state index in [2.05, 4.69) is 15.0 Å². The average Bonchev–Trinajstić information content (AvgIpc) is 2.46. The number of nitrogens with zero attached hydrogens (tertiary/aromatic N) is 1. The normalized spacial score (nSPS) is 10.3. The van der Waals surface area contributed by atoms with Crippen LogP contribution in [0.1, 0.15) is 15.9 Å². The summed E-state index contributed by atoms with van der Waals surface area (Å²) in [4.78, 5) is 15.6. The van der Waals surface area contributed by atoms with Crippen LogP contribution in [0.3, 0.4) is 0 Å². The van der Waals surface area contributed by atoms with Crippen molar-refractivity contribution in [1.29, 1.82) is 0 Å². The van der Waals surface area contributed by atoms with Crippen LogP contribution in [0.5, 0.6) is 5.75 Å². The van der Waals surface area contributed by atoms with Gasteiger partial charge in [-0.3, -0.25) is 9.78 Å². The van der Waals surface area contributed by atoms with E-state index in [1.54, 1.807) is 30.3 Å². The third-order valence-electron chi connectivity index (χ3n) is 2.57. The van der Waals surface area contributed by atoms with Gasteiger partial charge in [-0.05, 0) is 18.2 Å². The van der Waals surface area contributed by atoms with E-state index in [0.717, 1.165) is 0 Å². The molecule has 0 fully saturated rings. The number of amides is 1. The molecule has 2 aromatic rings. The fourth-order valence-corrected chi connectivity index (χ4v) is 1.64. The minimum atomic E-state index is -2.90. The summed E-state index contributed by atoms with van der Waals surface area (Å²) >= 11 is 0. The van der Waals surface area contributed by atoms with Gasteiger partial charge in [-0.15, -0.1) is 0 Å². The van der Waals surface area contributed by atoms with Crippen LogP contribution >= 0.6 is 0 Å². The molecule has 0 saturated heterocycles. The first-order chi connectivity index (χ1) is 9.66. The number of hydrogen-bond acceptors (Lipinski definition) is 3. The molecule has 0 radical (unpaired) electrons. The molecule has 1 aromatic heterocycles. The molecule has 0 aliphatic heterocycles. The van der Waals surface area contributed by atoms with Gasteiger partial charge in [0.1, 0.15) is 5.75 Å². The number of rotatable bonds is 5. The topological polar surface area (TPSA) is 51.2 Å². The number of para-hydroxylation sites is 1. The Morgan fingerprint density at radius 3 is 2.60 bits per heavy atom. The van der Waals surface area contributed by atoms with Crippen LogP contribution in [0.15, 0.2) is 48.8 Å². The monoisotopic (exact) mass is 278 g/mol. The zero-order valence-corrected chi connectivity index (χ0v) is 10.4. The number of carbonyl (C=O) groups is 1. The Bertz CT molecular complexity index is 576. The molecule has 0 saturated carbocycles. The van der Waals surface area contributed by atoms with Crippen molar-refractivity contribution in [3.05, 3.63) is 59.9 Å². The molecule has 4 nitrogen and oxygen atoms in total. The SMILES string of the molecule is O=C(NCc1ccccc1OC(F)F)c1ccncc1. The number of hydrogen-bond donors (Lipinski definition) is 1. The fourth-order valence-electron chi connectivity index (χ4n) is 1.64. The Balaban J connectivity index is 2.02. The van der Waals surface area contributed by atoms with Crippen LogP contribution in [0.2, 0.25) is 0 Å². The molecule has 2 rings (SSSR count). The lowest BCUT2D eigenvalue weighted by atomic mass is 10.2. The van der Waals surface area contributed by atoms with E-state index in [1.165, 1.54) is 18.5 Å². The van der Waals surface area contributed by atoms with Gasteiger partial charge in [-0.25, -0.2) is 0 Å². The molecule has 0 unspecified atom stereocenters. The molecule has 1 N–H and O–H groups in total. The van der Waals surface area contributed by atoms with Gasteiger partial charge in [0.25, 0.3) is 5.91 Å². The molecule has 20 heavy (non-hydrogen) atoms. The molecule has 104 valence electrons. The highest BCUT2D eigenvalue weighted by Gasteiger charge is 2.10. The summed E-state index contributed by atoms with van der Waals surface area (Å²) in [5.74, 6) is -0.253. The molecule has 0 bridgehead atoms. The van der Waals surface area contributed by atoms with Gasteiger partial charge in [0.2, 0.25) is 0 Å².